The molecular weight excluding hydrogens is 220 g/mol. The molecule has 0 heterocycles. The van der Waals surface area contributed by atoms with Crippen molar-refractivity contribution in [1.82, 2.24) is 5.43 Å². The topological polar surface area (TPSA) is 86.2 Å². The van der Waals surface area contributed by atoms with Crippen LogP contribution in [-0.4, -0.2) is 30.3 Å². The Bertz CT molecular complexity index is 232. The van der Waals surface area contributed by atoms with E-state index in [2.05, 4.69) is 17.8 Å². The highest BCUT2D eigenvalue weighted by atomic mass is 16.5. The predicted molar refractivity (Wildman–Crippen MR) is 65.6 cm³/mol. The molecule has 2 atom stereocenters. The average molecular weight is 245 g/mol. The number of allylic oxidation sites excluding steroid dienone is 1. The molecule has 5 nitrogen and oxygen atoms in total. The van der Waals surface area contributed by atoms with Gasteiger partial charge in [0.25, 0.3) is 5.91 Å². The van der Waals surface area contributed by atoms with E-state index in [4.69, 9.17) is 4.74 Å². The van der Waals surface area contributed by atoms with Gasteiger partial charge < -0.3 is 9.84 Å². The fraction of sp³-hybridized carbons (Fsp3) is 0.750. The van der Waals surface area contributed by atoms with Crippen molar-refractivity contribution in [1.29, 1.82) is 0 Å². The molecule has 1 amide bonds. The molecule has 0 aliphatic rings. The van der Waals surface area contributed by atoms with Gasteiger partial charge in [0.05, 0.1) is 12.7 Å². The summed E-state index contributed by atoms with van der Waals surface area (Å²) in [4.78, 5) is 11.4. The molecule has 0 fully saturated rings. The van der Waals surface area contributed by atoms with Crippen LogP contribution < -0.4 is 11.3 Å². The minimum atomic E-state index is -0.629. The summed E-state index contributed by atoms with van der Waals surface area (Å²) >= 11 is 0. The maximum Gasteiger partial charge on any atom is 0.268 e. The number of ether oxygens (including phenoxy) is 1. The standard InChI is InChI=1S/C12H24N2O3/c1-4-5-10(12(16)14-13)6-11(15)8-17-7-9(2)3/h4,9-11,15H,1,5-8,13H2,2-3H3,(H,14,16)/p+1. The first kappa shape index (κ1) is 16.1. The summed E-state index contributed by atoms with van der Waals surface area (Å²) < 4.78 is 5.33. The van der Waals surface area contributed by atoms with Crippen molar-refractivity contribution >= 4 is 5.91 Å². The minimum Gasteiger partial charge on any atom is -0.391 e. The smallest absolute Gasteiger partial charge is 0.268 e. The normalized spacial score (nSPS) is 14.4. The second-order valence-corrected chi connectivity index (χ2v) is 4.58. The Kier molecular flexibility index (Phi) is 8.66. The molecule has 0 aliphatic heterocycles. The third-order valence-electron chi connectivity index (χ3n) is 2.31. The Morgan fingerprint density at radius 1 is 1.53 bits per heavy atom. The van der Waals surface area contributed by atoms with E-state index in [-0.39, 0.29) is 18.4 Å². The van der Waals surface area contributed by atoms with Gasteiger partial charge in [-0.15, -0.1) is 6.58 Å². The number of carbonyl (C=O) groups is 1. The lowest BCUT2D eigenvalue weighted by atomic mass is 9.97. The van der Waals surface area contributed by atoms with E-state index in [1.165, 1.54) is 0 Å². The van der Waals surface area contributed by atoms with Crippen LogP contribution in [0, 0.1) is 11.8 Å². The van der Waals surface area contributed by atoms with Gasteiger partial charge in [0, 0.05) is 12.5 Å². The maximum atomic E-state index is 11.4. The summed E-state index contributed by atoms with van der Waals surface area (Å²) in [6.07, 6.45) is 1.94. The molecule has 17 heavy (non-hydrogen) atoms. The Hall–Kier alpha value is -0.910. The molecule has 0 rings (SSSR count). The molecule has 5 N–H and O–H groups in total. The summed E-state index contributed by atoms with van der Waals surface area (Å²) in [5, 5.41) is 9.74. The van der Waals surface area contributed by atoms with Gasteiger partial charge in [0.2, 0.25) is 0 Å². The third kappa shape index (κ3) is 7.90. The number of aliphatic hydroxyl groups excluding tert-OH is 1. The Labute approximate surface area is 103 Å². The van der Waals surface area contributed by atoms with Gasteiger partial charge in [0.15, 0.2) is 0 Å². The molecular formula is C12H25N2O3+. The second-order valence-electron chi connectivity index (χ2n) is 4.58. The van der Waals surface area contributed by atoms with Gasteiger partial charge in [0.1, 0.15) is 0 Å². The zero-order valence-electron chi connectivity index (χ0n) is 10.8. The number of nitrogens with one attached hydrogen (secondary N) is 1. The van der Waals surface area contributed by atoms with Crippen LogP contribution in [0.25, 0.3) is 0 Å². The molecule has 0 aliphatic carbocycles. The van der Waals surface area contributed by atoms with Crippen molar-refractivity contribution < 1.29 is 20.5 Å². The fourth-order valence-electron chi connectivity index (χ4n) is 1.49. The van der Waals surface area contributed by atoms with Crippen molar-refractivity contribution in [3.63, 3.8) is 0 Å². The number of aliphatic hydroxyl groups is 1. The van der Waals surface area contributed by atoms with Gasteiger partial charge in [-0.1, -0.05) is 19.9 Å². The van der Waals surface area contributed by atoms with Gasteiger partial charge in [-0.3, -0.25) is 10.6 Å². The number of hydrogen-bond acceptors (Lipinski definition) is 3. The summed E-state index contributed by atoms with van der Waals surface area (Å²) in [6, 6.07) is 0. The summed E-state index contributed by atoms with van der Waals surface area (Å²) in [5.74, 6) is 3.31. The summed E-state index contributed by atoms with van der Waals surface area (Å²) in [7, 11) is 0. The Morgan fingerprint density at radius 2 is 2.18 bits per heavy atom. The van der Waals surface area contributed by atoms with Crippen LogP contribution in [0.1, 0.15) is 26.7 Å². The minimum absolute atomic E-state index is 0.173. The summed E-state index contributed by atoms with van der Waals surface area (Å²) in [6.45, 7) is 8.56. The van der Waals surface area contributed by atoms with Crippen molar-refractivity contribution in [3.8, 4) is 0 Å². The van der Waals surface area contributed by atoms with E-state index in [1.54, 1.807) is 6.08 Å². The highest BCUT2D eigenvalue weighted by molar-refractivity contribution is 5.77. The number of carbonyl (C=O) groups excluding carboxylic acids is 1. The lowest BCUT2D eigenvalue weighted by Crippen LogP contribution is -2.68. The van der Waals surface area contributed by atoms with Crippen LogP contribution >= 0.6 is 0 Å². The molecule has 0 saturated heterocycles. The van der Waals surface area contributed by atoms with Gasteiger partial charge in [-0.05, 0) is 18.8 Å². The highest BCUT2D eigenvalue weighted by Gasteiger charge is 2.21. The van der Waals surface area contributed by atoms with E-state index < -0.39 is 6.10 Å². The van der Waals surface area contributed by atoms with Crippen LogP contribution in [0.5, 0.6) is 0 Å². The number of rotatable bonds is 9. The molecule has 0 spiro atoms. The predicted octanol–water partition coefficient (Wildman–Crippen LogP) is -0.125. The van der Waals surface area contributed by atoms with E-state index >= 15 is 0 Å². The van der Waals surface area contributed by atoms with Crippen LogP contribution in [-0.2, 0) is 9.53 Å². The van der Waals surface area contributed by atoms with Crippen LogP contribution in [0.3, 0.4) is 0 Å². The van der Waals surface area contributed by atoms with E-state index in [1.807, 2.05) is 13.8 Å². The lowest BCUT2D eigenvalue weighted by Gasteiger charge is -2.17. The van der Waals surface area contributed by atoms with Crippen LogP contribution in [0.15, 0.2) is 12.7 Å². The molecule has 0 aromatic heterocycles. The zero-order valence-corrected chi connectivity index (χ0v) is 10.8. The van der Waals surface area contributed by atoms with E-state index in [0.717, 1.165) is 0 Å². The van der Waals surface area contributed by atoms with Crippen molar-refractivity contribution in [2.45, 2.75) is 32.8 Å². The monoisotopic (exact) mass is 245 g/mol. The third-order valence-corrected chi connectivity index (χ3v) is 2.31. The van der Waals surface area contributed by atoms with Gasteiger partial charge in [-0.2, -0.15) is 0 Å². The molecule has 5 heteroatoms. The fourth-order valence-corrected chi connectivity index (χ4v) is 1.49. The maximum absolute atomic E-state index is 11.4. The molecule has 0 radical (unpaired) electrons. The highest BCUT2D eigenvalue weighted by Crippen LogP contribution is 2.12. The molecule has 0 aromatic rings. The summed E-state index contributed by atoms with van der Waals surface area (Å²) in [5.41, 5.74) is 2.34. The largest absolute Gasteiger partial charge is 0.391 e. The van der Waals surface area contributed by atoms with Gasteiger partial charge in [-0.25, -0.2) is 5.43 Å². The zero-order chi connectivity index (χ0) is 13.3. The van der Waals surface area contributed by atoms with Crippen molar-refractivity contribution in [2.75, 3.05) is 13.2 Å². The Balaban J connectivity index is 3.98. The first-order chi connectivity index (χ1) is 8.01. The molecule has 100 valence electrons. The van der Waals surface area contributed by atoms with E-state index in [0.29, 0.717) is 25.4 Å². The second kappa shape index (κ2) is 9.15. The first-order valence-corrected chi connectivity index (χ1v) is 5.94. The molecule has 0 bridgehead atoms. The molecule has 0 saturated carbocycles. The van der Waals surface area contributed by atoms with Crippen molar-refractivity contribution in [3.05, 3.63) is 12.7 Å². The molecule has 2 unspecified atom stereocenters. The SMILES string of the molecule is C=CCC(CC(O)COCC(C)C)C(=O)N[NH3+]. The van der Waals surface area contributed by atoms with Crippen LogP contribution in [0.2, 0.25) is 0 Å². The average Bonchev–Trinajstić information content (AvgIpc) is 2.27. The number of hydrogen-bond donors (Lipinski definition) is 3. The quantitative estimate of drug-likeness (QED) is 0.391. The van der Waals surface area contributed by atoms with E-state index in [9.17, 15) is 9.90 Å². The number of amides is 1. The lowest BCUT2D eigenvalue weighted by molar-refractivity contribution is -0.428. The first-order valence-electron chi connectivity index (χ1n) is 5.94. The Morgan fingerprint density at radius 3 is 2.65 bits per heavy atom. The van der Waals surface area contributed by atoms with Gasteiger partial charge >= 0.3 is 0 Å². The molecule has 0 aromatic carbocycles. The van der Waals surface area contributed by atoms with Crippen LogP contribution in [0.4, 0.5) is 0 Å². The van der Waals surface area contributed by atoms with Crippen molar-refractivity contribution in [2.24, 2.45) is 11.8 Å². The number of quaternary nitrogens is 1.